The molecule has 0 spiro atoms. The van der Waals surface area contributed by atoms with Crippen molar-refractivity contribution in [1.82, 2.24) is 20.1 Å². The Morgan fingerprint density at radius 1 is 1.04 bits per heavy atom. The van der Waals surface area contributed by atoms with Gasteiger partial charge in [0.2, 0.25) is 5.89 Å². The van der Waals surface area contributed by atoms with Crippen molar-refractivity contribution in [1.29, 1.82) is 0 Å². The highest BCUT2D eigenvalue weighted by Gasteiger charge is 2.42. The van der Waals surface area contributed by atoms with E-state index in [1.165, 1.54) is 12.1 Å². The van der Waals surface area contributed by atoms with E-state index in [0.29, 0.717) is 37.8 Å². The number of aromatic nitrogens is 4. The number of ether oxygens (including phenoxy) is 1. The maximum atomic E-state index is 13.4. The number of rotatable bonds is 5. The molecule has 0 amide bonds. The van der Waals surface area contributed by atoms with E-state index in [9.17, 15) is 4.39 Å². The van der Waals surface area contributed by atoms with Crippen LogP contribution in [-0.4, -0.2) is 33.3 Å². The van der Waals surface area contributed by atoms with E-state index in [2.05, 4.69) is 20.1 Å². The molecule has 3 heterocycles. The lowest BCUT2D eigenvalue weighted by Gasteiger charge is -2.23. The van der Waals surface area contributed by atoms with Gasteiger partial charge in [-0.05, 0) is 36.2 Å². The van der Waals surface area contributed by atoms with Crippen LogP contribution < -0.4 is 0 Å². The predicted molar refractivity (Wildman–Crippen MR) is 100 cm³/mol. The number of benzene rings is 2. The van der Waals surface area contributed by atoms with Gasteiger partial charge in [0.05, 0.1) is 23.1 Å². The summed E-state index contributed by atoms with van der Waals surface area (Å²) >= 11 is 0. The fourth-order valence-corrected chi connectivity index (χ4v) is 3.77. The van der Waals surface area contributed by atoms with Crippen LogP contribution in [0.5, 0.6) is 0 Å². The summed E-state index contributed by atoms with van der Waals surface area (Å²) in [5.74, 6) is 1.77. The normalized spacial score (nSPS) is 19.5. The largest absolute Gasteiger partial charge is 0.380 e. The van der Waals surface area contributed by atoms with E-state index in [-0.39, 0.29) is 5.82 Å². The first-order valence-corrected chi connectivity index (χ1v) is 9.33. The Balaban J connectivity index is 1.37. The second kappa shape index (κ2) is 6.83. The molecule has 1 saturated heterocycles. The molecule has 28 heavy (non-hydrogen) atoms. The minimum atomic E-state index is -0.491. The van der Waals surface area contributed by atoms with Crippen LogP contribution in [0.15, 0.2) is 53.1 Å². The molecule has 142 valence electrons. The van der Waals surface area contributed by atoms with Crippen LogP contribution in [0.3, 0.4) is 0 Å². The number of hydrogen-bond donors (Lipinski definition) is 1. The molecule has 2 aromatic carbocycles. The molecule has 1 atom stereocenters. The lowest BCUT2D eigenvalue weighted by molar-refractivity contribution is 0.182. The fourth-order valence-electron chi connectivity index (χ4n) is 3.77. The summed E-state index contributed by atoms with van der Waals surface area (Å²) in [5.41, 5.74) is 2.41. The van der Waals surface area contributed by atoms with Gasteiger partial charge in [-0.15, -0.1) is 0 Å². The van der Waals surface area contributed by atoms with Crippen molar-refractivity contribution in [3.8, 4) is 0 Å². The second-order valence-corrected chi connectivity index (χ2v) is 7.10. The fraction of sp³-hybridized carbons (Fsp3) is 0.286. The van der Waals surface area contributed by atoms with Gasteiger partial charge in [-0.2, -0.15) is 4.98 Å². The monoisotopic (exact) mass is 378 g/mol. The molecule has 0 bridgehead atoms. The van der Waals surface area contributed by atoms with E-state index in [1.807, 2.05) is 24.3 Å². The smallest absolute Gasteiger partial charge is 0.227 e. The average Bonchev–Trinajstić information content (AvgIpc) is 3.45. The second-order valence-electron chi connectivity index (χ2n) is 7.10. The first-order chi connectivity index (χ1) is 13.7. The first kappa shape index (κ1) is 17.1. The number of aryl methyl sites for hydroxylation is 2. The predicted octanol–water partition coefficient (Wildman–Crippen LogP) is 3.58. The van der Waals surface area contributed by atoms with Crippen molar-refractivity contribution in [2.45, 2.75) is 24.7 Å². The zero-order valence-corrected chi connectivity index (χ0v) is 15.2. The number of aromatic amines is 1. The Morgan fingerprint density at radius 3 is 2.68 bits per heavy atom. The molecule has 2 aromatic heterocycles. The van der Waals surface area contributed by atoms with Gasteiger partial charge in [0.25, 0.3) is 0 Å². The summed E-state index contributed by atoms with van der Waals surface area (Å²) in [6.07, 6.45) is 2.00. The maximum Gasteiger partial charge on any atom is 0.227 e. The first-order valence-electron chi connectivity index (χ1n) is 9.33. The minimum Gasteiger partial charge on any atom is -0.380 e. The summed E-state index contributed by atoms with van der Waals surface area (Å²) in [5, 5.41) is 4.23. The SMILES string of the molecule is Fc1ccc(C2(c3noc(CCc4nc5ccccc5[nH]4)n3)CCOC2)cc1. The van der Waals surface area contributed by atoms with Crippen LogP contribution in [0, 0.1) is 5.82 Å². The van der Waals surface area contributed by atoms with Crippen molar-refractivity contribution >= 4 is 11.0 Å². The summed E-state index contributed by atoms with van der Waals surface area (Å²) in [7, 11) is 0. The van der Waals surface area contributed by atoms with Crippen molar-refractivity contribution < 1.29 is 13.7 Å². The van der Waals surface area contributed by atoms with Crippen LogP contribution in [0.4, 0.5) is 4.39 Å². The van der Waals surface area contributed by atoms with Crippen LogP contribution in [-0.2, 0) is 23.0 Å². The number of halogens is 1. The highest BCUT2D eigenvalue weighted by atomic mass is 19.1. The van der Waals surface area contributed by atoms with Crippen LogP contribution >= 0.6 is 0 Å². The molecular formula is C21H19FN4O2. The van der Waals surface area contributed by atoms with E-state index < -0.39 is 5.41 Å². The third-order valence-electron chi connectivity index (χ3n) is 5.33. The van der Waals surface area contributed by atoms with E-state index in [4.69, 9.17) is 9.26 Å². The number of nitrogens with zero attached hydrogens (tertiary/aromatic N) is 3. The standard InChI is InChI=1S/C21H19FN4O2/c22-15-7-5-14(6-8-15)21(11-12-27-13-21)20-25-19(28-26-20)10-9-18-23-16-3-1-2-4-17(16)24-18/h1-8H,9-13H2,(H,23,24). The van der Waals surface area contributed by atoms with Gasteiger partial charge in [0, 0.05) is 19.4 Å². The summed E-state index contributed by atoms with van der Waals surface area (Å²) in [6, 6.07) is 14.4. The topological polar surface area (TPSA) is 76.8 Å². The van der Waals surface area contributed by atoms with Crippen molar-refractivity contribution in [3.05, 3.63) is 77.5 Å². The van der Waals surface area contributed by atoms with Crippen LogP contribution in [0.1, 0.15) is 29.5 Å². The van der Waals surface area contributed by atoms with Crippen LogP contribution in [0.25, 0.3) is 11.0 Å². The van der Waals surface area contributed by atoms with Gasteiger partial charge in [0.1, 0.15) is 11.6 Å². The Bertz CT molecular complexity index is 1060. The molecule has 4 aromatic rings. The number of H-pyrrole nitrogens is 1. The van der Waals surface area contributed by atoms with Gasteiger partial charge >= 0.3 is 0 Å². The molecule has 1 unspecified atom stereocenters. The Hall–Kier alpha value is -3.06. The molecule has 0 aliphatic carbocycles. The Morgan fingerprint density at radius 2 is 1.89 bits per heavy atom. The van der Waals surface area contributed by atoms with Gasteiger partial charge in [-0.3, -0.25) is 0 Å². The Kier molecular flexibility index (Phi) is 4.16. The van der Waals surface area contributed by atoms with Gasteiger partial charge < -0.3 is 14.2 Å². The number of fused-ring (bicyclic) bond motifs is 1. The maximum absolute atomic E-state index is 13.4. The number of para-hydroxylation sites is 2. The van der Waals surface area contributed by atoms with Crippen molar-refractivity contribution in [2.75, 3.05) is 13.2 Å². The molecule has 6 nitrogen and oxygen atoms in total. The molecule has 0 saturated carbocycles. The van der Waals surface area contributed by atoms with Gasteiger partial charge in [0.15, 0.2) is 5.82 Å². The van der Waals surface area contributed by atoms with Gasteiger partial charge in [-0.1, -0.05) is 29.4 Å². The lowest BCUT2D eigenvalue weighted by Crippen LogP contribution is -2.29. The molecule has 1 N–H and O–H groups in total. The van der Waals surface area contributed by atoms with Crippen molar-refractivity contribution in [3.63, 3.8) is 0 Å². The summed E-state index contributed by atoms with van der Waals surface area (Å²) < 4.78 is 24.5. The Labute approximate surface area is 160 Å². The minimum absolute atomic E-state index is 0.266. The quantitative estimate of drug-likeness (QED) is 0.574. The number of imidazole rings is 1. The third-order valence-corrected chi connectivity index (χ3v) is 5.33. The molecule has 5 rings (SSSR count). The number of hydrogen-bond acceptors (Lipinski definition) is 5. The van der Waals surface area contributed by atoms with Crippen LogP contribution in [0.2, 0.25) is 0 Å². The average molecular weight is 378 g/mol. The summed E-state index contributed by atoms with van der Waals surface area (Å²) in [4.78, 5) is 12.5. The third kappa shape index (κ3) is 2.97. The molecule has 1 aliphatic rings. The number of nitrogens with one attached hydrogen (secondary N) is 1. The van der Waals surface area contributed by atoms with Crippen molar-refractivity contribution in [2.24, 2.45) is 0 Å². The zero-order valence-electron chi connectivity index (χ0n) is 15.2. The molecule has 1 aliphatic heterocycles. The molecule has 1 fully saturated rings. The zero-order chi connectivity index (χ0) is 19.0. The lowest BCUT2D eigenvalue weighted by atomic mass is 9.79. The summed E-state index contributed by atoms with van der Waals surface area (Å²) in [6.45, 7) is 1.07. The van der Waals surface area contributed by atoms with E-state index >= 15 is 0 Å². The highest BCUT2D eigenvalue weighted by molar-refractivity contribution is 5.74. The van der Waals surface area contributed by atoms with E-state index in [0.717, 1.165) is 28.8 Å². The molecule has 0 radical (unpaired) electrons. The molecular weight excluding hydrogens is 359 g/mol. The highest BCUT2D eigenvalue weighted by Crippen LogP contribution is 2.38. The van der Waals surface area contributed by atoms with E-state index in [1.54, 1.807) is 12.1 Å². The molecule has 7 heteroatoms. The van der Waals surface area contributed by atoms with Gasteiger partial charge in [-0.25, -0.2) is 9.37 Å².